The minimum Gasteiger partial charge on any atom is -0.457 e. The fraction of sp³-hybridized carbons (Fsp3) is 0.0435. The number of benzene rings is 3. The summed E-state index contributed by atoms with van der Waals surface area (Å²) in [5.41, 5.74) is 2.44. The summed E-state index contributed by atoms with van der Waals surface area (Å²) in [6.45, 7) is 1.91. The van der Waals surface area contributed by atoms with Crippen molar-refractivity contribution in [1.82, 2.24) is 0 Å². The van der Waals surface area contributed by atoms with Crippen LogP contribution in [0.25, 0.3) is 11.1 Å². The van der Waals surface area contributed by atoms with Crippen LogP contribution in [0.1, 0.15) is 47.0 Å². The first-order valence-corrected chi connectivity index (χ1v) is 9.01. The topological polar surface area (TPSA) is 96.0 Å². The smallest absolute Gasteiger partial charge is 0.347 e. The molecule has 7 heteroatoms. The summed E-state index contributed by atoms with van der Waals surface area (Å²) in [4.78, 5) is 47.8. The molecular formula is C23H12O7. The highest BCUT2D eigenvalue weighted by atomic mass is 16.6. The van der Waals surface area contributed by atoms with Crippen LogP contribution in [0, 0.1) is 6.92 Å². The van der Waals surface area contributed by atoms with Crippen molar-refractivity contribution in [2.24, 2.45) is 0 Å². The molecule has 146 valence electrons. The van der Waals surface area contributed by atoms with Crippen LogP contribution in [0.3, 0.4) is 0 Å². The second kappa shape index (κ2) is 6.38. The van der Waals surface area contributed by atoms with Gasteiger partial charge in [0.1, 0.15) is 11.5 Å². The normalized spacial score (nSPS) is 14.3. The molecule has 0 fully saturated rings. The van der Waals surface area contributed by atoms with E-state index in [9.17, 15) is 19.2 Å². The van der Waals surface area contributed by atoms with E-state index in [0.29, 0.717) is 22.6 Å². The molecule has 3 aromatic carbocycles. The van der Waals surface area contributed by atoms with Crippen LogP contribution in [-0.4, -0.2) is 23.9 Å². The lowest BCUT2D eigenvalue weighted by molar-refractivity contribution is 0.0425. The predicted octanol–water partition coefficient (Wildman–Crippen LogP) is 4.08. The van der Waals surface area contributed by atoms with Gasteiger partial charge in [-0.2, -0.15) is 0 Å². The lowest BCUT2D eigenvalue weighted by Crippen LogP contribution is -1.98. The highest BCUT2D eigenvalue weighted by Crippen LogP contribution is 2.39. The minimum atomic E-state index is -0.755. The van der Waals surface area contributed by atoms with Gasteiger partial charge in [-0.15, -0.1) is 0 Å². The van der Waals surface area contributed by atoms with Crippen LogP contribution >= 0.6 is 0 Å². The van der Waals surface area contributed by atoms with Crippen LogP contribution in [0.2, 0.25) is 0 Å². The second-order valence-electron chi connectivity index (χ2n) is 6.93. The van der Waals surface area contributed by atoms with Gasteiger partial charge in [0.2, 0.25) is 0 Å². The van der Waals surface area contributed by atoms with Gasteiger partial charge in [0.15, 0.2) is 0 Å². The number of ether oxygens (including phenoxy) is 3. The standard InChI is InChI=1S/C23H12O7/c1-11-3-2-4-13(7-11)28-19-10-18-17(22(26)30-23(18)27)9-15(19)12-5-6-14-16(8-12)21(25)29-20(14)24/h2-10H,1H3. The number of aryl methyl sites for hydroxylation is 1. The van der Waals surface area contributed by atoms with Crippen LogP contribution in [-0.2, 0) is 9.47 Å². The Hall–Kier alpha value is -4.26. The summed E-state index contributed by atoms with van der Waals surface area (Å²) in [6.07, 6.45) is 0. The van der Waals surface area contributed by atoms with Crippen molar-refractivity contribution in [2.45, 2.75) is 6.92 Å². The molecule has 0 saturated carbocycles. The quantitative estimate of drug-likeness (QED) is 0.483. The zero-order chi connectivity index (χ0) is 21.0. The first-order chi connectivity index (χ1) is 14.4. The van der Waals surface area contributed by atoms with E-state index in [-0.39, 0.29) is 22.3 Å². The van der Waals surface area contributed by atoms with Crippen LogP contribution < -0.4 is 4.74 Å². The minimum absolute atomic E-state index is 0.0992. The van der Waals surface area contributed by atoms with Crippen molar-refractivity contribution >= 4 is 23.9 Å². The molecule has 2 aliphatic heterocycles. The highest BCUT2D eigenvalue weighted by molar-refractivity contribution is 6.17. The van der Waals surface area contributed by atoms with Crippen LogP contribution in [0.4, 0.5) is 0 Å². The Morgan fingerprint density at radius 2 is 1.27 bits per heavy atom. The van der Waals surface area contributed by atoms with Gasteiger partial charge >= 0.3 is 23.9 Å². The molecule has 7 nitrogen and oxygen atoms in total. The largest absolute Gasteiger partial charge is 0.457 e. The van der Waals surface area contributed by atoms with Gasteiger partial charge < -0.3 is 14.2 Å². The fourth-order valence-electron chi connectivity index (χ4n) is 3.48. The molecule has 2 aliphatic rings. The first-order valence-electron chi connectivity index (χ1n) is 9.01. The number of carbonyl (C=O) groups excluding carboxylic acids is 4. The average molecular weight is 400 g/mol. The maximum absolute atomic E-state index is 12.1. The molecule has 0 N–H and O–H groups in total. The number of fused-ring (bicyclic) bond motifs is 2. The second-order valence-corrected chi connectivity index (χ2v) is 6.93. The fourth-order valence-corrected chi connectivity index (χ4v) is 3.48. The third-order valence-corrected chi connectivity index (χ3v) is 4.92. The Bertz CT molecular complexity index is 1300. The number of hydrogen-bond donors (Lipinski definition) is 0. The first kappa shape index (κ1) is 17.8. The molecule has 0 bridgehead atoms. The molecule has 0 unspecified atom stereocenters. The highest BCUT2D eigenvalue weighted by Gasteiger charge is 2.33. The lowest BCUT2D eigenvalue weighted by Gasteiger charge is -2.13. The van der Waals surface area contributed by atoms with Gasteiger partial charge in [-0.3, -0.25) is 0 Å². The zero-order valence-electron chi connectivity index (χ0n) is 15.6. The van der Waals surface area contributed by atoms with E-state index in [2.05, 4.69) is 4.74 Å². The lowest BCUT2D eigenvalue weighted by atomic mass is 9.96. The monoisotopic (exact) mass is 400 g/mol. The predicted molar refractivity (Wildman–Crippen MR) is 103 cm³/mol. The van der Waals surface area contributed by atoms with Crippen LogP contribution in [0.5, 0.6) is 11.5 Å². The van der Waals surface area contributed by atoms with Gasteiger partial charge in [0.25, 0.3) is 0 Å². The zero-order valence-corrected chi connectivity index (χ0v) is 15.6. The van der Waals surface area contributed by atoms with Crippen molar-refractivity contribution in [1.29, 1.82) is 0 Å². The number of esters is 4. The molecule has 30 heavy (non-hydrogen) atoms. The van der Waals surface area contributed by atoms with Gasteiger partial charge in [-0.25, -0.2) is 19.2 Å². The van der Waals surface area contributed by atoms with Crippen molar-refractivity contribution in [3.63, 3.8) is 0 Å². The molecule has 0 amide bonds. The number of carbonyl (C=O) groups is 4. The molecule has 0 aromatic heterocycles. The molecule has 0 spiro atoms. The molecule has 3 aromatic rings. The van der Waals surface area contributed by atoms with E-state index < -0.39 is 23.9 Å². The summed E-state index contributed by atoms with van der Waals surface area (Å²) in [6, 6.07) is 14.8. The van der Waals surface area contributed by atoms with E-state index in [1.807, 2.05) is 25.1 Å². The Morgan fingerprint density at radius 1 is 0.633 bits per heavy atom. The Labute approximate surface area is 169 Å². The van der Waals surface area contributed by atoms with E-state index in [1.54, 1.807) is 12.1 Å². The average Bonchev–Trinajstić information content (AvgIpc) is 3.16. The SMILES string of the molecule is Cc1cccc(Oc2cc3c(cc2-c2ccc4c(c2)C(=O)OC4=O)C(=O)OC3=O)c1. The Kier molecular flexibility index (Phi) is 3.79. The van der Waals surface area contributed by atoms with Crippen molar-refractivity contribution in [2.75, 3.05) is 0 Å². The van der Waals surface area contributed by atoms with Crippen molar-refractivity contribution in [3.8, 4) is 22.6 Å². The molecule has 0 saturated heterocycles. The third kappa shape index (κ3) is 2.76. The maximum atomic E-state index is 12.1. The van der Waals surface area contributed by atoms with Crippen molar-refractivity contribution in [3.05, 3.63) is 82.4 Å². The number of rotatable bonds is 3. The summed E-state index contributed by atoms with van der Waals surface area (Å²) < 4.78 is 15.4. The number of hydrogen-bond acceptors (Lipinski definition) is 7. The molecular weight excluding hydrogens is 388 g/mol. The molecule has 0 radical (unpaired) electrons. The summed E-state index contributed by atoms with van der Waals surface area (Å²) in [5, 5.41) is 0. The maximum Gasteiger partial charge on any atom is 0.347 e. The van der Waals surface area contributed by atoms with E-state index in [0.717, 1.165) is 5.56 Å². The van der Waals surface area contributed by atoms with Gasteiger partial charge in [0.05, 0.1) is 22.3 Å². The summed E-state index contributed by atoms with van der Waals surface area (Å²) in [7, 11) is 0. The summed E-state index contributed by atoms with van der Waals surface area (Å²) in [5.74, 6) is -2.13. The van der Waals surface area contributed by atoms with Gasteiger partial charge in [0, 0.05) is 5.56 Å². The van der Waals surface area contributed by atoms with Crippen LogP contribution in [0.15, 0.2) is 54.6 Å². The van der Waals surface area contributed by atoms with Gasteiger partial charge in [-0.1, -0.05) is 18.2 Å². The molecule has 0 atom stereocenters. The van der Waals surface area contributed by atoms with Gasteiger partial charge in [-0.05, 0) is 54.4 Å². The Balaban J connectivity index is 1.69. The summed E-state index contributed by atoms with van der Waals surface area (Å²) >= 11 is 0. The van der Waals surface area contributed by atoms with E-state index in [4.69, 9.17) is 9.47 Å². The van der Waals surface area contributed by atoms with E-state index in [1.165, 1.54) is 24.3 Å². The molecule has 5 rings (SSSR count). The molecule has 2 heterocycles. The third-order valence-electron chi connectivity index (χ3n) is 4.92. The van der Waals surface area contributed by atoms with Crippen molar-refractivity contribution < 1.29 is 33.4 Å². The number of cyclic esters (lactones) is 4. The molecule has 0 aliphatic carbocycles. The Morgan fingerprint density at radius 3 is 1.97 bits per heavy atom. The van der Waals surface area contributed by atoms with E-state index >= 15 is 0 Å².